The number of aryl methyl sites for hydroxylation is 1. The molecular weight excluding hydrogens is 582 g/mol. The van der Waals surface area contributed by atoms with Crippen LogP contribution in [-0.4, -0.2) is 88.2 Å². The number of alkyl halides is 2. The van der Waals surface area contributed by atoms with E-state index in [4.69, 9.17) is 9.72 Å². The third kappa shape index (κ3) is 6.66. The fourth-order valence-corrected chi connectivity index (χ4v) is 7.73. The van der Waals surface area contributed by atoms with E-state index in [1.54, 1.807) is 31.9 Å². The SMILES string of the molecule is Cc1cn(C2CCC3(CC2)CCN(C[C@@H]2CCN(C(=O)OC(C)(C)C)CC2(F)F)CC3)c2ncc(N3CCC(=O)NC3=O)cc12. The molecule has 10 nitrogen and oxygen atoms in total. The number of rotatable bonds is 4. The van der Waals surface area contributed by atoms with Crippen molar-refractivity contribution < 1.29 is 27.9 Å². The zero-order valence-electron chi connectivity index (χ0n) is 26.9. The molecule has 1 aliphatic carbocycles. The highest BCUT2D eigenvalue weighted by Crippen LogP contribution is 2.48. The summed E-state index contributed by atoms with van der Waals surface area (Å²) in [5.41, 5.74) is 2.26. The molecule has 12 heteroatoms. The summed E-state index contributed by atoms with van der Waals surface area (Å²) in [5, 5.41) is 3.39. The zero-order chi connectivity index (χ0) is 32.1. The van der Waals surface area contributed by atoms with E-state index in [1.807, 2.05) is 6.07 Å². The van der Waals surface area contributed by atoms with Crippen LogP contribution in [0.5, 0.6) is 0 Å². The van der Waals surface area contributed by atoms with E-state index >= 15 is 8.78 Å². The number of piperidine rings is 2. The van der Waals surface area contributed by atoms with Crippen molar-refractivity contribution in [3.05, 3.63) is 24.0 Å². The number of amides is 4. The van der Waals surface area contributed by atoms with Crippen LogP contribution in [0.4, 0.5) is 24.1 Å². The highest BCUT2D eigenvalue weighted by Gasteiger charge is 2.48. The van der Waals surface area contributed by atoms with Crippen LogP contribution in [0.2, 0.25) is 0 Å². The number of urea groups is 1. The molecule has 0 radical (unpaired) electrons. The third-order valence-electron chi connectivity index (χ3n) is 10.4. The predicted octanol–water partition coefficient (Wildman–Crippen LogP) is 5.88. The minimum atomic E-state index is -2.94. The molecule has 2 aromatic heterocycles. The predicted molar refractivity (Wildman–Crippen MR) is 166 cm³/mol. The molecule has 0 bridgehead atoms. The molecule has 3 saturated heterocycles. The second-order valence-corrected chi connectivity index (χ2v) is 14.7. The smallest absolute Gasteiger partial charge is 0.410 e. The molecule has 1 saturated carbocycles. The summed E-state index contributed by atoms with van der Waals surface area (Å²) >= 11 is 0. The summed E-state index contributed by atoms with van der Waals surface area (Å²) in [6.45, 7) is 9.38. The minimum Gasteiger partial charge on any atom is -0.444 e. The van der Waals surface area contributed by atoms with Crippen molar-refractivity contribution in [2.24, 2.45) is 11.3 Å². The summed E-state index contributed by atoms with van der Waals surface area (Å²) in [6.07, 6.45) is 10.1. The molecular formula is C33H46F2N6O4. The number of nitrogens with one attached hydrogen (secondary N) is 1. The van der Waals surface area contributed by atoms with Gasteiger partial charge < -0.3 is 19.1 Å². The first-order valence-corrected chi connectivity index (χ1v) is 16.4. The van der Waals surface area contributed by atoms with Crippen LogP contribution in [0.3, 0.4) is 0 Å². The quantitative estimate of drug-likeness (QED) is 0.454. The summed E-state index contributed by atoms with van der Waals surface area (Å²) in [7, 11) is 0. The van der Waals surface area contributed by atoms with Crippen molar-refractivity contribution in [1.82, 2.24) is 24.7 Å². The molecule has 4 fully saturated rings. The maximum atomic E-state index is 15.2. The first kappa shape index (κ1) is 31.7. The Balaban J connectivity index is 1.02. The molecule has 6 rings (SSSR count). The van der Waals surface area contributed by atoms with E-state index in [0.717, 1.165) is 73.1 Å². The number of halogens is 2. The number of hydrogen-bond donors (Lipinski definition) is 1. The fraction of sp³-hybridized carbons (Fsp3) is 0.697. The molecule has 0 aromatic carbocycles. The first-order chi connectivity index (χ1) is 21.2. The number of hydrogen-bond acceptors (Lipinski definition) is 6. The van der Waals surface area contributed by atoms with Crippen molar-refractivity contribution in [1.29, 1.82) is 0 Å². The maximum Gasteiger partial charge on any atom is 0.410 e. The lowest BCUT2D eigenvalue weighted by Crippen LogP contribution is -2.55. The van der Waals surface area contributed by atoms with Crippen LogP contribution < -0.4 is 10.2 Å². The fourth-order valence-electron chi connectivity index (χ4n) is 7.73. The summed E-state index contributed by atoms with van der Waals surface area (Å²) < 4.78 is 37.9. The van der Waals surface area contributed by atoms with Crippen molar-refractivity contribution in [2.45, 2.75) is 96.6 Å². The minimum absolute atomic E-state index is 0.257. The normalized spacial score (nSPS) is 24.7. The largest absolute Gasteiger partial charge is 0.444 e. The van der Waals surface area contributed by atoms with E-state index in [1.165, 1.54) is 0 Å². The maximum absolute atomic E-state index is 15.2. The number of pyridine rings is 1. The molecule has 1 atom stereocenters. The van der Waals surface area contributed by atoms with Crippen molar-refractivity contribution in [3.8, 4) is 0 Å². The number of carbonyl (C=O) groups excluding carboxylic acids is 3. The molecule has 45 heavy (non-hydrogen) atoms. The highest BCUT2D eigenvalue weighted by molar-refractivity contribution is 6.06. The molecule has 1 N–H and O–H groups in total. The molecule has 1 spiro atoms. The van der Waals surface area contributed by atoms with Gasteiger partial charge in [-0.05, 0) is 103 Å². The van der Waals surface area contributed by atoms with E-state index in [9.17, 15) is 14.4 Å². The first-order valence-electron chi connectivity index (χ1n) is 16.4. The van der Waals surface area contributed by atoms with Gasteiger partial charge in [-0.1, -0.05) is 0 Å². The van der Waals surface area contributed by atoms with Gasteiger partial charge in [-0.25, -0.2) is 23.4 Å². The van der Waals surface area contributed by atoms with Gasteiger partial charge in [0.25, 0.3) is 5.92 Å². The van der Waals surface area contributed by atoms with Gasteiger partial charge in [0.2, 0.25) is 5.91 Å². The Hall–Kier alpha value is -3.28. The molecule has 4 aliphatic rings. The van der Waals surface area contributed by atoms with Gasteiger partial charge in [-0.3, -0.25) is 15.0 Å². The monoisotopic (exact) mass is 628 g/mol. The van der Waals surface area contributed by atoms with Gasteiger partial charge in [0.05, 0.1) is 18.4 Å². The van der Waals surface area contributed by atoms with Gasteiger partial charge in [-0.2, -0.15) is 0 Å². The Morgan fingerprint density at radius 1 is 1.07 bits per heavy atom. The van der Waals surface area contributed by atoms with Gasteiger partial charge in [-0.15, -0.1) is 0 Å². The second kappa shape index (κ2) is 11.8. The number of aromatic nitrogens is 2. The van der Waals surface area contributed by atoms with Crippen LogP contribution in [-0.2, 0) is 9.53 Å². The molecule has 4 amide bonds. The average Bonchev–Trinajstić information content (AvgIpc) is 3.30. The molecule has 5 heterocycles. The number of fused-ring (bicyclic) bond motifs is 1. The number of carbonyl (C=O) groups is 3. The van der Waals surface area contributed by atoms with Gasteiger partial charge >= 0.3 is 12.1 Å². The van der Waals surface area contributed by atoms with Gasteiger partial charge in [0.15, 0.2) is 0 Å². The number of anilines is 1. The summed E-state index contributed by atoms with van der Waals surface area (Å²) in [6, 6.07) is 1.92. The van der Waals surface area contributed by atoms with Gasteiger partial charge in [0, 0.05) is 49.6 Å². The Morgan fingerprint density at radius 3 is 2.42 bits per heavy atom. The van der Waals surface area contributed by atoms with E-state index in [-0.39, 0.29) is 24.2 Å². The summed E-state index contributed by atoms with van der Waals surface area (Å²) in [4.78, 5) is 46.0. The lowest BCUT2D eigenvalue weighted by molar-refractivity contribution is -0.120. The van der Waals surface area contributed by atoms with E-state index in [2.05, 4.69) is 27.9 Å². The molecule has 246 valence electrons. The second-order valence-electron chi connectivity index (χ2n) is 14.7. The lowest BCUT2D eigenvalue weighted by Gasteiger charge is -2.47. The van der Waals surface area contributed by atoms with Crippen LogP contribution in [0.25, 0.3) is 11.0 Å². The lowest BCUT2D eigenvalue weighted by atomic mass is 9.67. The van der Waals surface area contributed by atoms with E-state index < -0.39 is 36.1 Å². The Labute approximate surface area is 263 Å². The molecule has 3 aliphatic heterocycles. The standard InChI is InChI=1S/C33H46F2N6O4/c1-22-19-41(28-26(22)17-25(18-36-28)40-14-8-27(42)37-29(40)43)24-5-9-32(10-6-24)11-15-38(16-12-32)20-23-7-13-39(21-33(23,34)35)30(44)45-31(2,3)4/h17-19,23-24H,5-16,20-21H2,1-4H3,(H,37,42,43)/t23-/m0/s1. The van der Waals surface area contributed by atoms with Crippen LogP contribution >= 0.6 is 0 Å². The molecule has 0 unspecified atom stereocenters. The molecule has 2 aromatic rings. The van der Waals surface area contributed by atoms with Crippen LogP contribution in [0, 0.1) is 18.3 Å². The number of ether oxygens (including phenoxy) is 1. The Kier molecular flexibility index (Phi) is 8.33. The van der Waals surface area contributed by atoms with E-state index in [0.29, 0.717) is 31.4 Å². The van der Waals surface area contributed by atoms with Crippen molar-refractivity contribution in [3.63, 3.8) is 0 Å². The van der Waals surface area contributed by atoms with Crippen molar-refractivity contribution in [2.75, 3.05) is 44.2 Å². The highest BCUT2D eigenvalue weighted by atomic mass is 19.3. The third-order valence-corrected chi connectivity index (χ3v) is 10.4. The Bertz CT molecular complexity index is 1450. The zero-order valence-corrected chi connectivity index (χ0v) is 26.9. The average molecular weight is 629 g/mol. The van der Waals surface area contributed by atoms with Crippen LogP contribution in [0.1, 0.15) is 83.7 Å². The number of likely N-dealkylation sites (tertiary alicyclic amines) is 2. The van der Waals surface area contributed by atoms with Crippen molar-refractivity contribution >= 4 is 34.8 Å². The topological polar surface area (TPSA) is 100 Å². The number of imide groups is 1. The summed E-state index contributed by atoms with van der Waals surface area (Å²) in [5.74, 6) is -3.95. The van der Waals surface area contributed by atoms with Crippen LogP contribution in [0.15, 0.2) is 18.5 Å². The van der Waals surface area contributed by atoms with Gasteiger partial charge in [0.1, 0.15) is 11.2 Å². The Morgan fingerprint density at radius 2 is 1.78 bits per heavy atom. The number of nitrogens with zero attached hydrogens (tertiary/aromatic N) is 5.